The number of para-hydroxylation sites is 1. The van der Waals surface area contributed by atoms with Gasteiger partial charge in [0.05, 0.1) is 12.6 Å². The first kappa shape index (κ1) is 16.5. The van der Waals surface area contributed by atoms with Crippen molar-refractivity contribution >= 4 is 11.6 Å². The highest BCUT2D eigenvalue weighted by molar-refractivity contribution is 5.81. The molecule has 4 heteroatoms. The van der Waals surface area contributed by atoms with Gasteiger partial charge in [0.15, 0.2) is 0 Å². The Morgan fingerprint density at radius 1 is 1.25 bits per heavy atom. The lowest BCUT2D eigenvalue weighted by molar-refractivity contribution is -0.119. The number of benzene rings is 1. The smallest absolute Gasteiger partial charge is 0.239 e. The number of rotatable bonds is 7. The molecule has 0 fully saturated rings. The Hall–Kier alpha value is -1.55. The van der Waals surface area contributed by atoms with Gasteiger partial charge in [-0.1, -0.05) is 25.1 Å². The molecule has 3 N–H and O–H groups in total. The molecule has 0 bridgehead atoms. The second kappa shape index (κ2) is 7.90. The van der Waals surface area contributed by atoms with Gasteiger partial charge in [-0.2, -0.15) is 0 Å². The molecule has 0 aliphatic heterocycles. The molecule has 1 aromatic carbocycles. The van der Waals surface area contributed by atoms with Gasteiger partial charge in [0.25, 0.3) is 0 Å². The van der Waals surface area contributed by atoms with Gasteiger partial charge in [-0.25, -0.2) is 0 Å². The van der Waals surface area contributed by atoms with Crippen LogP contribution in [0.25, 0.3) is 0 Å². The van der Waals surface area contributed by atoms with Crippen LogP contribution in [0.2, 0.25) is 0 Å². The molecular weight excluding hydrogens is 252 g/mol. The molecule has 0 aliphatic rings. The minimum absolute atomic E-state index is 0.0231. The zero-order valence-corrected chi connectivity index (χ0v) is 12.9. The van der Waals surface area contributed by atoms with E-state index in [-0.39, 0.29) is 24.5 Å². The first-order valence-corrected chi connectivity index (χ1v) is 7.15. The van der Waals surface area contributed by atoms with Crippen molar-refractivity contribution in [2.45, 2.75) is 40.2 Å². The van der Waals surface area contributed by atoms with Crippen LogP contribution < -0.4 is 10.6 Å². The molecule has 20 heavy (non-hydrogen) atoms. The fourth-order valence-corrected chi connectivity index (χ4v) is 2.28. The van der Waals surface area contributed by atoms with Crippen LogP contribution in [-0.2, 0) is 4.79 Å². The minimum atomic E-state index is -0.324. The molecule has 1 rings (SSSR count). The second-order valence-corrected chi connectivity index (χ2v) is 5.61. The summed E-state index contributed by atoms with van der Waals surface area (Å²) in [6.07, 6.45) is 0.375. The third-order valence-corrected chi connectivity index (χ3v) is 3.30. The lowest BCUT2D eigenvalue weighted by atomic mass is 10.0. The highest BCUT2D eigenvalue weighted by Gasteiger charge is 2.09. The number of anilines is 1. The van der Waals surface area contributed by atoms with Crippen molar-refractivity contribution in [2.24, 2.45) is 5.92 Å². The maximum Gasteiger partial charge on any atom is 0.239 e. The first-order valence-electron chi connectivity index (χ1n) is 7.15. The summed E-state index contributed by atoms with van der Waals surface area (Å²) in [5, 5.41) is 15.3. The van der Waals surface area contributed by atoms with E-state index in [1.807, 2.05) is 39.0 Å². The zero-order valence-electron chi connectivity index (χ0n) is 12.9. The number of amides is 1. The molecule has 0 aromatic heterocycles. The van der Waals surface area contributed by atoms with Gasteiger partial charge < -0.3 is 15.7 Å². The third kappa shape index (κ3) is 5.61. The molecule has 0 saturated carbocycles. The van der Waals surface area contributed by atoms with Crippen LogP contribution in [0.1, 0.15) is 31.4 Å². The fraction of sp³-hybridized carbons (Fsp3) is 0.562. The number of aryl methyl sites for hydroxylation is 2. The predicted octanol–water partition coefficient (Wildman–Crippen LogP) is 2.24. The van der Waals surface area contributed by atoms with Crippen molar-refractivity contribution in [2.75, 3.05) is 18.4 Å². The predicted molar refractivity (Wildman–Crippen MR) is 82.9 cm³/mol. The average Bonchev–Trinajstić information content (AvgIpc) is 2.35. The van der Waals surface area contributed by atoms with Gasteiger partial charge in [0.2, 0.25) is 5.91 Å². The summed E-state index contributed by atoms with van der Waals surface area (Å²) in [7, 11) is 0. The van der Waals surface area contributed by atoms with Gasteiger partial charge in [-0.3, -0.25) is 4.79 Å². The van der Waals surface area contributed by atoms with E-state index in [0.29, 0.717) is 13.0 Å². The quantitative estimate of drug-likeness (QED) is 0.717. The van der Waals surface area contributed by atoms with Crippen molar-refractivity contribution in [1.82, 2.24) is 5.32 Å². The van der Waals surface area contributed by atoms with Crippen molar-refractivity contribution in [3.63, 3.8) is 0 Å². The lowest BCUT2D eigenvalue weighted by Crippen LogP contribution is -2.34. The number of carbonyl (C=O) groups is 1. The maximum absolute atomic E-state index is 11.8. The molecule has 0 aliphatic carbocycles. The number of aliphatic hydroxyl groups excluding tert-OH is 1. The Morgan fingerprint density at radius 2 is 1.85 bits per heavy atom. The van der Waals surface area contributed by atoms with E-state index in [9.17, 15) is 9.90 Å². The Kier molecular flexibility index (Phi) is 6.52. The Bertz CT molecular complexity index is 424. The van der Waals surface area contributed by atoms with Crippen molar-refractivity contribution in [3.8, 4) is 0 Å². The molecule has 4 nitrogen and oxygen atoms in total. The van der Waals surface area contributed by atoms with E-state index in [0.717, 1.165) is 16.8 Å². The Labute approximate surface area is 121 Å². The van der Waals surface area contributed by atoms with Crippen molar-refractivity contribution in [3.05, 3.63) is 29.3 Å². The molecule has 1 aromatic rings. The Balaban J connectivity index is 2.37. The summed E-state index contributed by atoms with van der Waals surface area (Å²) in [5.41, 5.74) is 3.31. The van der Waals surface area contributed by atoms with Gasteiger partial charge in [-0.15, -0.1) is 0 Å². The molecule has 0 spiro atoms. The minimum Gasteiger partial charge on any atom is -0.393 e. The average molecular weight is 278 g/mol. The van der Waals surface area contributed by atoms with Crippen LogP contribution in [0.5, 0.6) is 0 Å². The largest absolute Gasteiger partial charge is 0.393 e. The van der Waals surface area contributed by atoms with Gasteiger partial charge in [-0.05, 0) is 44.2 Å². The van der Waals surface area contributed by atoms with Gasteiger partial charge in [0, 0.05) is 12.2 Å². The van der Waals surface area contributed by atoms with Crippen molar-refractivity contribution in [1.29, 1.82) is 0 Å². The molecule has 2 unspecified atom stereocenters. The summed E-state index contributed by atoms with van der Waals surface area (Å²) < 4.78 is 0. The van der Waals surface area contributed by atoms with E-state index in [2.05, 4.69) is 10.6 Å². The molecule has 0 radical (unpaired) electrons. The topological polar surface area (TPSA) is 61.4 Å². The molecule has 0 heterocycles. The van der Waals surface area contributed by atoms with Gasteiger partial charge >= 0.3 is 0 Å². The van der Waals surface area contributed by atoms with Crippen molar-refractivity contribution < 1.29 is 9.90 Å². The summed E-state index contributed by atoms with van der Waals surface area (Å²) in [6.45, 7) is 8.70. The van der Waals surface area contributed by atoms with Gasteiger partial charge in [0.1, 0.15) is 0 Å². The van der Waals surface area contributed by atoms with Crippen LogP contribution in [0.15, 0.2) is 18.2 Å². The molecule has 1 amide bonds. The highest BCUT2D eigenvalue weighted by atomic mass is 16.3. The van der Waals surface area contributed by atoms with E-state index < -0.39 is 0 Å². The second-order valence-electron chi connectivity index (χ2n) is 5.61. The van der Waals surface area contributed by atoms with Crippen LogP contribution in [0.3, 0.4) is 0 Å². The third-order valence-electron chi connectivity index (χ3n) is 3.30. The number of hydrogen-bond acceptors (Lipinski definition) is 3. The zero-order chi connectivity index (χ0) is 15.1. The van der Waals surface area contributed by atoms with E-state index in [1.165, 1.54) is 0 Å². The number of nitrogens with one attached hydrogen (secondary N) is 2. The maximum atomic E-state index is 11.8. The molecular formula is C16H26N2O2. The summed E-state index contributed by atoms with van der Waals surface area (Å²) in [4.78, 5) is 11.8. The van der Waals surface area contributed by atoms with Crippen LogP contribution >= 0.6 is 0 Å². The number of carbonyl (C=O) groups excluding carboxylic acids is 1. The van der Waals surface area contributed by atoms with E-state index in [4.69, 9.17) is 0 Å². The van der Waals surface area contributed by atoms with E-state index >= 15 is 0 Å². The normalized spacial score (nSPS) is 13.7. The molecule has 0 saturated heterocycles. The number of hydrogen-bond donors (Lipinski definition) is 3. The Morgan fingerprint density at radius 3 is 2.40 bits per heavy atom. The summed E-state index contributed by atoms with van der Waals surface area (Å²) in [5.74, 6) is 0.254. The first-order chi connectivity index (χ1) is 9.40. The summed E-state index contributed by atoms with van der Waals surface area (Å²) >= 11 is 0. The van der Waals surface area contributed by atoms with E-state index in [1.54, 1.807) is 6.92 Å². The van der Waals surface area contributed by atoms with Crippen LogP contribution in [0.4, 0.5) is 5.69 Å². The monoisotopic (exact) mass is 278 g/mol. The molecule has 112 valence electrons. The lowest BCUT2D eigenvalue weighted by Gasteiger charge is -2.15. The standard InChI is InChI=1S/C16H26N2O2/c1-11(8-14(4)19)9-17-15(20)10-18-16-12(2)6-5-7-13(16)3/h5-7,11,14,18-19H,8-10H2,1-4H3,(H,17,20). The number of aliphatic hydroxyl groups is 1. The molecule has 2 atom stereocenters. The van der Waals surface area contributed by atoms with Crippen LogP contribution in [0, 0.1) is 19.8 Å². The highest BCUT2D eigenvalue weighted by Crippen LogP contribution is 2.18. The SMILES string of the molecule is Cc1cccc(C)c1NCC(=O)NCC(C)CC(C)O. The summed E-state index contributed by atoms with van der Waals surface area (Å²) in [6, 6.07) is 6.06. The fourth-order valence-electron chi connectivity index (χ4n) is 2.28. The van der Waals surface area contributed by atoms with Crippen LogP contribution in [-0.4, -0.2) is 30.2 Å².